The van der Waals surface area contributed by atoms with Gasteiger partial charge in [0, 0.05) is 42.3 Å². The SMILES string of the molecule is CC(=O)NC(CSC(=O)CCCO[N+](=O)[O-])C(=O)OCC(=O)[C@@]1(O)CCC2C3CC=C4CC(=O)C=C[C@]4(C)C3[C@@H](O)C[C@@]21C. The second kappa shape index (κ2) is 13.1. The molecule has 2 saturated carbocycles. The Labute approximate surface area is 259 Å². The highest BCUT2D eigenvalue weighted by Gasteiger charge is 2.68. The van der Waals surface area contributed by atoms with E-state index in [1.165, 1.54) is 6.92 Å². The summed E-state index contributed by atoms with van der Waals surface area (Å²) in [4.78, 5) is 76.7. The van der Waals surface area contributed by atoms with E-state index in [9.17, 15) is 44.3 Å². The van der Waals surface area contributed by atoms with Crippen LogP contribution in [0.15, 0.2) is 23.8 Å². The van der Waals surface area contributed by atoms with Crippen LogP contribution in [0.25, 0.3) is 0 Å². The van der Waals surface area contributed by atoms with Crippen LogP contribution in [0.1, 0.15) is 65.7 Å². The summed E-state index contributed by atoms with van der Waals surface area (Å²) in [5.41, 5.74) is -2.32. The first-order valence-electron chi connectivity index (χ1n) is 14.8. The van der Waals surface area contributed by atoms with Gasteiger partial charge in [-0.05, 0) is 50.0 Å². The highest BCUT2D eigenvalue weighted by atomic mass is 32.2. The van der Waals surface area contributed by atoms with Crippen molar-refractivity contribution in [3.05, 3.63) is 33.9 Å². The van der Waals surface area contributed by atoms with E-state index in [4.69, 9.17) is 4.74 Å². The summed E-state index contributed by atoms with van der Waals surface area (Å²) >= 11 is 0.735. The van der Waals surface area contributed by atoms with Gasteiger partial charge >= 0.3 is 5.97 Å². The zero-order chi connectivity index (χ0) is 32.4. The molecule has 0 aromatic rings. The lowest BCUT2D eigenvalue weighted by molar-refractivity contribution is -0.757. The third-order valence-electron chi connectivity index (χ3n) is 10.2. The number of aliphatic hydroxyl groups excluding tert-OH is 1. The molecular formula is C30H40N2O11S. The number of amides is 1. The number of nitrogens with one attached hydrogen (secondary N) is 1. The lowest BCUT2D eigenvalue weighted by atomic mass is 9.47. The first-order chi connectivity index (χ1) is 20.6. The Morgan fingerprint density at radius 3 is 2.68 bits per heavy atom. The van der Waals surface area contributed by atoms with Gasteiger partial charge < -0.3 is 25.1 Å². The van der Waals surface area contributed by atoms with E-state index in [2.05, 4.69) is 16.2 Å². The van der Waals surface area contributed by atoms with Crippen LogP contribution in [0, 0.1) is 38.7 Å². The van der Waals surface area contributed by atoms with E-state index in [1.54, 1.807) is 6.08 Å². The first-order valence-corrected chi connectivity index (χ1v) is 15.8. The number of carbonyl (C=O) groups excluding carboxylic acids is 5. The van der Waals surface area contributed by atoms with Crippen molar-refractivity contribution in [2.75, 3.05) is 19.0 Å². The van der Waals surface area contributed by atoms with Gasteiger partial charge in [-0.1, -0.05) is 43.3 Å². The number of ketones is 2. The Morgan fingerprint density at radius 1 is 1.27 bits per heavy atom. The predicted molar refractivity (Wildman–Crippen MR) is 156 cm³/mol. The summed E-state index contributed by atoms with van der Waals surface area (Å²) in [7, 11) is 0. The summed E-state index contributed by atoms with van der Waals surface area (Å²) in [5.74, 6) is -2.64. The molecule has 13 nitrogen and oxygen atoms in total. The number of esters is 1. The fourth-order valence-corrected chi connectivity index (χ4v) is 8.93. The van der Waals surface area contributed by atoms with Crippen LogP contribution in [-0.4, -0.2) is 80.6 Å². The Hall–Kier alpha value is -3.10. The lowest BCUT2D eigenvalue weighted by Gasteiger charge is -2.58. The van der Waals surface area contributed by atoms with E-state index in [-0.39, 0.29) is 66.7 Å². The minimum absolute atomic E-state index is 0.0236. The van der Waals surface area contributed by atoms with Crippen LogP contribution >= 0.6 is 11.8 Å². The molecule has 1 amide bonds. The molecule has 0 saturated heterocycles. The molecule has 0 aliphatic heterocycles. The first kappa shape index (κ1) is 33.8. The number of rotatable bonds is 12. The predicted octanol–water partition coefficient (Wildman–Crippen LogP) is 1.86. The van der Waals surface area contributed by atoms with Crippen molar-refractivity contribution >= 4 is 40.3 Å². The normalized spacial score (nSPS) is 34.5. The van der Waals surface area contributed by atoms with Crippen LogP contribution in [-0.2, 0) is 33.5 Å². The van der Waals surface area contributed by atoms with E-state index < -0.39 is 57.9 Å². The van der Waals surface area contributed by atoms with Crippen molar-refractivity contribution in [1.29, 1.82) is 0 Å². The number of ether oxygens (including phenoxy) is 1. The highest BCUT2D eigenvalue weighted by molar-refractivity contribution is 8.13. The minimum Gasteiger partial charge on any atom is -0.456 e. The quantitative estimate of drug-likeness (QED) is 0.0925. The molecule has 3 N–H and O–H groups in total. The van der Waals surface area contributed by atoms with E-state index in [1.807, 2.05) is 19.9 Å². The summed E-state index contributed by atoms with van der Waals surface area (Å²) in [5, 5.41) is 34.7. The fraction of sp³-hybridized carbons (Fsp3) is 0.700. The molecule has 2 fully saturated rings. The molecule has 4 aliphatic rings. The maximum absolute atomic E-state index is 13.6. The number of allylic oxidation sites excluding steroid dienone is 4. The summed E-state index contributed by atoms with van der Waals surface area (Å²) in [6, 6.07) is -1.25. The maximum Gasteiger partial charge on any atom is 0.329 e. The van der Waals surface area contributed by atoms with Gasteiger partial charge in [0.25, 0.3) is 5.09 Å². The van der Waals surface area contributed by atoms with Crippen molar-refractivity contribution < 1.29 is 48.8 Å². The van der Waals surface area contributed by atoms with Gasteiger partial charge in [0.2, 0.25) is 11.7 Å². The van der Waals surface area contributed by atoms with E-state index >= 15 is 0 Å². The Balaban J connectivity index is 1.39. The average Bonchev–Trinajstić information content (AvgIpc) is 3.22. The largest absolute Gasteiger partial charge is 0.456 e. The average molecular weight is 637 g/mol. The summed E-state index contributed by atoms with van der Waals surface area (Å²) < 4.78 is 5.26. The van der Waals surface area contributed by atoms with Gasteiger partial charge in [0.15, 0.2) is 17.5 Å². The molecule has 8 atom stereocenters. The molecule has 44 heavy (non-hydrogen) atoms. The molecule has 14 heteroatoms. The van der Waals surface area contributed by atoms with Crippen molar-refractivity contribution in [2.24, 2.45) is 28.6 Å². The van der Waals surface area contributed by atoms with E-state index in [0.29, 0.717) is 19.3 Å². The number of hydrogen-bond donors (Lipinski definition) is 3. The van der Waals surface area contributed by atoms with Crippen molar-refractivity contribution in [3.63, 3.8) is 0 Å². The zero-order valence-electron chi connectivity index (χ0n) is 25.1. The second-order valence-electron chi connectivity index (χ2n) is 12.7. The molecule has 0 spiro atoms. The standard InChI is InChI=1S/C30H40N2O11S/c1-17(33)31-22(16-44-25(37)5-4-12-43-32(40)41)27(38)42-15-24(36)30(39)11-9-21-20-7-6-18-13-19(34)8-10-28(18,2)26(20)23(35)14-29(21,30)3/h6,8,10,20-23,26,35,39H,4-5,7,9,11-16H2,1-3H3,(H,31,33)/t20?,21?,22?,23-,26?,28-,29-,30-/m0/s1. The van der Waals surface area contributed by atoms with Gasteiger partial charge in [-0.15, -0.1) is 10.1 Å². The number of fused-ring (bicyclic) bond motifs is 5. The minimum atomic E-state index is -1.85. The molecule has 4 aliphatic carbocycles. The van der Waals surface area contributed by atoms with Crippen molar-refractivity contribution in [3.8, 4) is 0 Å². The highest BCUT2D eigenvalue weighted by Crippen LogP contribution is 2.66. The van der Waals surface area contributed by atoms with Gasteiger partial charge in [-0.2, -0.15) is 0 Å². The Bertz CT molecular complexity index is 1280. The lowest BCUT2D eigenvalue weighted by Crippen LogP contribution is -2.61. The Kier molecular flexibility index (Phi) is 10.1. The number of carbonyl (C=O) groups is 5. The number of thioether (sulfide) groups is 1. The van der Waals surface area contributed by atoms with Gasteiger partial charge in [0.05, 0.1) is 12.7 Å². The van der Waals surface area contributed by atoms with Crippen LogP contribution < -0.4 is 5.32 Å². The number of Topliss-reactive ketones (excluding diaryl/α,β-unsaturated/α-hetero) is 1. The molecular weight excluding hydrogens is 596 g/mol. The van der Waals surface area contributed by atoms with E-state index in [0.717, 1.165) is 17.3 Å². The second-order valence-corrected chi connectivity index (χ2v) is 13.8. The monoisotopic (exact) mass is 636 g/mol. The molecule has 4 rings (SSSR count). The molecule has 242 valence electrons. The molecule has 0 aromatic heterocycles. The molecule has 0 bridgehead atoms. The van der Waals surface area contributed by atoms with Crippen LogP contribution in [0.2, 0.25) is 0 Å². The number of aliphatic hydroxyl groups is 2. The van der Waals surface area contributed by atoms with Crippen LogP contribution in [0.5, 0.6) is 0 Å². The fourth-order valence-electron chi connectivity index (χ4n) is 8.07. The van der Waals surface area contributed by atoms with Crippen LogP contribution in [0.3, 0.4) is 0 Å². The number of hydrogen-bond acceptors (Lipinski definition) is 12. The van der Waals surface area contributed by atoms with Crippen molar-refractivity contribution in [2.45, 2.75) is 83.5 Å². The van der Waals surface area contributed by atoms with Crippen LogP contribution in [0.4, 0.5) is 0 Å². The molecule has 4 unspecified atom stereocenters. The van der Waals surface area contributed by atoms with Gasteiger partial charge in [-0.3, -0.25) is 19.2 Å². The maximum atomic E-state index is 13.6. The smallest absolute Gasteiger partial charge is 0.329 e. The van der Waals surface area contributed by atoms with Gasteiger partial charge in [0.1, 0.15) is 11.6 Å². The summed E-state index contributed by atoms with van der Waals surface area (Å²) in [6.07, 6.45) is 6.56. The third kappa shape index (κ3) is 6.47. The summed E-state index contributed by atoms with van der Waals surface area (Å²) in [6.45, 7) is 4.03. The topological polar surface area (TPSA) is 199 Å². The van der Waals surface area contributed by atoms with Gasteiger partial charge in [-0.25, -0.2) is 4.79 Å². The number of nitrogens with zero attached hydrogens (tertiary/aromatic N) is 1. The molecule has 0 radical (unpaired) electrons. The molecule has 0 aromatic carbocycles. The third-order valence-corrected chi connectivity index (χ3v) is 11.2. The Morgan fingerprint density at radius 2 is 2.00 bits per heavy atom. The zero-order valence-corrected chi connectivity index (χ0v) is 25.9. The van der Waals surface area contributed by atoms with Crippen molar-refractivity contribution in [1.82, 2.24) is 5.32 Å². The molecule has 0 heterocycles.